The quantitative estimate of drug-likeness (QED) is 0.139. The van der Waals surface area contributed by atoms with Crippen molar-refractivity contribution in [1.29, 1.82) is 0 Å². The van der Waals surface area contributed by atoms with E-state index in [0.717, 1.165) is 28.1 Å². The van der Waals surface area contributed by atoms with Crippen LogP contribution in [0.5, 0.6) is 17.2 Å². The third-order valence-electron chi connectivity index (χ3n) is 7.75. The van der Waals surface area contributed by atoms with Gasteiger partial charge in [0.1, 0.15) is 34.7 Å². The molecule has 0 fully saturated rings. The zero-order chi connectivity index (χ0) is 34.6. The number of aromatic hydroxyl groups is 1. The van der Waals surface area contributed by atoms with Crippen molar-refractivity contribution in [3.8, 4) is 22.9 Å². The van der Waals surface area contributed by atoms with Crippen LogP contribution in [-0.2, 0) is 25.1 Å². The summed E-state index contributed by atoms with van der Waals surface area (Å²) in [6.07, 6.45) is 0. The molecule has 0 saturated heterocycles. The van der Waals surface area contributed by atoms with Crippen molar-refractivity contribution in [2.45, 2.75) is 52.8 Å². The van der Waals surface area contributed by atoms with Crippen LogP contribution >= 0.6 is 23.2 Å². The van der Waals surface area contributed by atoms with E-state index in [1.807, 2.05) is 76.2 Å². The molecule has 12 heteroatoms. The van der Waals surface area contributed by atoms with Crippen molar-refractivity contribution in [2.75, 3.05) is 12.4 Å². The molecule has 3 N–H and O–H groups in total. The monoisotopic (exact) mass is 689 g/mol. The Labute approximate surface area is 288 Å². The highest BCUT2D eigenvalue weighted by molar-refractivity contribution is 6.32. The Balaban J connectivity index is 1.27. The van der Waals surface area contributed by atoms with Gasteiger partial charge in [-0.2, -0.15) is 5.10 Å². The minimum atomic E-state index is -0.448. The predicted octanol–water partition coefficient (Wildman–Crippen LogP) is 7.61. The van der Waals surface area contributed by atoms with Crippen LogP contribution < -0.4 is 25.7 Å². The highest BCUT2D eigenvalue weighted by atomic mass is 35.5. The SMILES string of the molecule is COc1ccc(Cn2c(C)cc(OCc3ccccc3CNC(=O)Nc3cc(C(C)(C)C)nn3-c3ccc(O)c(Cl)c3)c(Cl)c2=O)cc1. The summed E-state index contributed by atoms with van der Waals surface area (Å²) < 4.78 is 14.4. The average Bonchev–Trinajstić information content (AvgIpc) is 3.49. The molecule has 2 aromatic heterocycles. The molecule has 5 rings (SSSR count). The molecule has 250 valence electrons. The summed E-state index contributed by atoms with van der Waals surface area (Å²) in [7, 11) is 1.60. The minimum Gasteiger partial charge on any atom is -0.506 e. The molecular weight excluding hydrogens is 653 g/mol. The lowest BCUT2D eigenvalue weighted by molar-refractivity contribution is 0.251. The van der Waals surface area contributed by atoms with Crippen LogP contribution in [0.2, 0.25) is 10.0 Å². The molecule has 0 atom stereocenters. The van der Waals surface area contributed by atoms with Crippen LogP contribution in [0.25, 0.3) is 5.69 Å². The summed E-state index contributed by atoms with van der Waals surface area (Å²) in [6, 6.07) is 22.8. The number of ether oxygens (including phenoxy) is 2. The molecule has 0 saturated carbocycles. The highest BCUT2D eigenvalue weighted by Gasteiger charge is 2.22. The van der Waals surface area contributed by atoms with E-state index in [2.05, 4.69) is 10.6 Å². The number of nitrogens with zero attached hydrogens (tertiary/aromatic N) is 3. The van der Waals surface area contributed by atoms with Crippen molar-refractivity contribution in [3.05, 3.63) is 127 Å². The molecule has 0 aliphatic heterocycles. The number of aryl methyl sites for hydroxylation is 1. The smallest absolute Gasteiger partial charge is 0.320 e. The van der Waals surface area contributed by atoms with Gasteiger partial charge in [0.15, 0.2) is 0 Å². The number of urea groups is 1. The molecule has 48 heavy (non-hydrogen) atoms. The number of carbonyl (C=O) groups excluding carboxylic acids is 1. The van der Waals surface area contributed by atoms with E-state index in [0.29, 0.717) is 23.7 Å². The number of hydrogen-bond acceptors (Lipinski definition) is 6. The van der Waals surface area contributed by atoms with Crippen molar-refractivity contribution in [1.82, 2.24) is 19.7 Å². The molecule has 0 aliphatic rings. The van der Waals surface area contributed by atoms with Crippen molar-refractivity contribution >= 4 is 35.1 Å². The number of pyridine rings is 1. The van der Waals surface area contributed by atoms with Gasteiger partial charge in [0.2, 0.25) is 0 Å². The second-order valence-corrected chi connectivity index (χ2v) is 13.1. The molecule has 5 aromatic rings. The number of amides is 2. The Morgan fingerprint density at radius 2 is 1.69 bits per heavy atom. The van der Waals surface area contributed by atoms with Gasteiger partial charge in [0, 0.05) is 29.8 Å². The first-order chi connectivity index (χ1) is 22.8. The highest BCUT2D eigenvalue weighted by Crippen LogP contribution is 2.30. The minimum absolute atomic E-state index is 0.00903. The number of phenolic OH excluding ortho intramolecular Hbond substituents is 1. The number of benzene rings is 3. The maximum atomic E-state index is 13.2. The van der Waals surface area contributed by atoms with Crippen molar-refractivity contribution in [3.63, 3.8) is 0 Å². The molecule has 0 aliphatic carbocycles. The van der Waals surface area contributed by atoms with Crippen molar-refractivity contribution < 1.29 is 19.4 Å². The van der Waals surface area contributed by atoms with Gasteiger partial charge < -0.3 is 24.5 Å². The third kappa shape index (κ3) is 7.95. The van der Waals surface area contributed by atoms with Gasteiger partial charge in [-0.15, -0.1) is 0 Å². The third-order valence-corrected chi connectivity index (χ3v) is 8.40. The fourth-order valence-electron chi connectivity index (χ4n) is 4.95. The summed E-state index contributed by atoms with van der Waals surface area (Å²) in [6.45, 7) is 8.58. The van der Waals surface area contributed by atoms with Crippen LogP contribution in [0.1, 0.15) is 48.8 Å². The number of methoxy groups -OCH3 is 1. The van der Waals surface area contributed by atoms with Crippen LogP contribution in [0.15, 0.2) is 83.7 Å². The van der Waals surface area contributed by atoms with Gasteiger partial charge in [-0.05, 0) is 53.9 Å². The Morgan fingerprint density at radius 3 is 2.35 bits per heavy atom. The molecule has 2 heterocycles. The van der Waals surface area contributed by atoms with Gasteiger partial charge in [0.05, 0.1) is 30.1 Å². The van der Waals surface area contributed by atoms with Crippen LogP contribution in [0.3, 0.4) is 0 Å². The lowest BCUT2D eigenvalue weighted by atomic mass is 9.92. The Hall–Kier alpha value is -4.93. The van der Waals surface area contributed by atoms with Gasteiger partial charge >= 0.3 is 6.03 Å². The zero-order valence-corrected chi connectivity index (χ0v) is 28.8. The summed E-state index contributed by atoms with van der Waals surface area (Å²) in [5.74, 6) is 1.40. The largest absolute Gasteiger partial charge is 0.506 e. The van der Waals surface area contributed by atoms with E-state index in [1.165, 1.54) is 6.07 Å². The second kappa shape index (κ2) is 14.5. The Morgan fingerprint density at radius 1 is 0.979 bits per heavy atom. The number of carbonyl (C=O) groups is 1. The topological polar surface area (TPSA) is 120 Å². The van der Waals surface area contributed by atoms with Gasteiger partial charge in [-0.3, -0.25) is 10.1 Å². The molecular formula is C36H37Cl2N5O5. The Bertz CT molecular complexity index is 2000. The molecule has 3 aromatic carbocycles. The average molecular weight is 691 g/mol. The van der Waals surface area contributed by atoms with E-state index in [-0.39, 0.29) is 45.7 Å². The molecule has 2 amide bonds. The van der Waals surface area contributed by atoms with Gasteiger partial charge in [0.25, 0.3) is 5.56 Å². The Kier molecular flexibility index (Phi) is 10.4. The lowest BCUT2D eigenvalue weighted by Gasteiger charge is -2.16. The molecule has 0 bridgehead atoms. The summed E-state index contributed by atoms with van der Waals surface area (Å²) >= 11 is 12.7. The normalized spacial score (nSPS) is 11.3. The number of rotatable bonds is 10. The first-order valence-corrected chi connectivity index (χ1v) is 16.0. The van der Waals surface area contributed by atoms with E-state index in [9.17, 15) is 14.7 Å². The number of nitrogens with one attached hydrogen (secondary N) is 2. The number of phenols is 1. The van der Waals surface area contributed by atoms with E-state index in [4.69, 9.17) is 37.8 Å². The van der Waals surface area contributed by atoms with Crippen LogP contribution in [-0.4, -0.2) is 32.6 Å². The fourth-order valence-corrected chi connectivity index (χ4v) is 5.34. The maximum absolute atomic E-state index is 13.2. The first kappa shape index (κ1) is 34.4. The van der Waals surface area contributed by atoms with Crippen molar-refractivity contribution in [2.24, 2.45) is 0 Å². The lowest BCUT2D eigenvalue weighted by Crippen LogP contribution is -2.29. The molecule has 0 spiro atoms. The summed E-state index contributed by atoms with van der Waals surface area (Å²) in [4.78, 5) is 26.3. The standard InChI is InChI=1S/C36H37Cl2N5O5/c1-22-16-30(33(38)34(45)42(22)20-23-10-13-27(47-5)14-11-23)48-21-25-9-7-6-8-24(25)19-39-35(46)40-32-18-31(36(2,3)4)41-43(32)26-12-15-29(44)28(37)17-26/h6-18,44H,19-21H2,1-5H3,(H2,39,40,46). The number of anilines is 1. The molecule has 0 unspecified atom stereocenters. The van der Waals surface area contributed by atoms with Crippen LogP contribution in [0, 0.1) is 6.92 Å². The van der Waals surface area contributed by atoms with Gasteiger partial charge in [-0.1, -0.05) is 80.4 Å². The van der Waals surface area contributed by atoms with E-state index in [1.54, 1.807) is 40.6 Å². The fraction of sp³-hybridized carbons (Fsp3) is 0.250. The maximum Gasteiger partial charge on any atom is 0.320 e. The van der Waals surface area contributed by atoms with E-state index < -0.39 is 6.03 Å². The molecule has 0 radical (unpaired) electrons. The number of halogens is 2. The first-order valence-electron chi connectivity index (χ1n) is 15.2. The predicted molar refractivity (Wildman–Crippen MR) is 188 cm³/mol. The van der Waals surface area contributed by atoms with Crippen LogP contribution in [0.4, 0.5) is 10.6 Å². The summed E-state index contributed by atoms with van der Waals surface area (Å²) in [5, 5.41) is 20.5. The molecule has 10 nitrogen and oxygen atoms in total. The zero-order valence-electron chi connectivity index (χ0n) is 27.3. The summed E-state index contributed by atoms with van der Waals surface area (Å²) in [5.41, 5.74) is 3.96. The second-order valence-electron chi connectivity index (χ2n) is 12.3. The number of aromatic nitrogens is 3. The van der Waals surface area contributed by atoms with Gasteiger partial charge in [-0.25, -0.2) is 9.48 Å². The number of hydrogen-bond donors (Lipinski definition) is 3. The van der Waals surface area contributed by atoms with E-state index >= 15 is 0 Å².